The van der Waals surface area contributed by atoms with E-state index in [0.717, 1.165) is 25.7 Å². The van der Waals surface area contributed by atoms with Crippen molar-refractivity contribution in [3.05, 3.63) is 41.5 Å². The van der Waals surface area contributed by atoms with E-state index in [1.807, 2.05) is 0 Å². The van der Waals surface area contributed by atoms with Crippen molar-refractivity contribution in [2.75, 3.05) is 23.8 Å². The standard InChI is InChI=1S/C22H27F3N6O2/c1-12-19(10-26-21(27-12)28-14-2-4-16(32)5-3-14)30-22(29-15-6-7-33-11-15)31-20-17(24)8-13(23)9-18(20)25/h8-10,14-16,32H,2-7,11H2,1H3,(H,26,27,28)(H2,29,30,31). The number of guanidine groups is 1. The molecule has 2 heterocycles. The molecular formula is C22H27F3N6O2. The van der Waals surface area contributed by atoms with Crippen LogP contribution in [0.25, 0.3) is 0 Å². The van der Waals surface area contributed by atoms with Crippen LogP contribution in [0, 0.1) is 24.4 Å². The summed E-state index contributed by atoms with van der Waals surface area (Å²) in [5.74, 6) is -2.63. The summed E-state index contributed by atoms with van der Waals surface area (Å²) in [6.45, 7) is 2.74. The fourth-order valence-electron chi connectivity index (χ4n) is 3.88. The summed E-state index contributed by atoms with van der Waals surface area (Å²) >= 11 is 0. The lowest BCUT2D eigenvalue weighted by Gasteiger charge is -2.26. The van der Waals surface area contributed by atoms with Gasteiger partial charge >= 0.3 is 0 Å². The minimum absolute atomic E-state index is 0.0728. The minimum Gasteiger partial charge on any atom is -0.393 e. The number of aromatic nitrogens is 2. The molecule has 1 atom stereocenters. The van der Waals surface area contributed by atoms with E-state index in [2.05, 4.69) is 30.9 Å². The number of nitrogens with zero attached hydrogens (tertiary/aromatic N) is 3. The number of benzene rings is 1. The summed E-state index contributed by atoms with van der Waals surface area (Å²) in [7, 11) is 0. The van der Waals surface area contributed by atoms with Crippen molar-refractivity contribution in [3.63, 3.8) is 0 Å². The average molecular weight is 464 g/mol. The third-order valence-electron chi connectivity index (χ3n) is 5.74. The number of hydrogen-bond acceptors (Lipinski definition) is 6. The van der Waals surface area contributed by atoms with Gasteiger partial charge in [0, 0.05) is 24.8 Å². The highest BCUT2D eigenvalue weighted by Gasteiger charge is 2.21. The van der Waals surface area contributed by atoms with Crippen LogP contribution in [0.3, 0.4) is 0 Å². The summed E-state index contributed by atoms with van der Waals surface area (Å²) < 4.78 is 47.0. The number of rotatable bonds is 5. The van der Waals surface area contributed by atoms with Gasteiger partial charge in [-0.25, -0.2) is 28.1 Å². The summed E-state index contributed by atoms with van der Waals surface area (Å²) in [5.41, 5.74) is 0.446. The molecule has 1 unspecified atom stereocenters. The van der Waals surface area contributed by atoms with Gasteiger partial charge in [-0.2, -0.15) is 0 Å². The molecular weight excluding hydrogens is 437 g/mol. The van der Waals surface area contributed by atoms with Crippen LogP contribution in [0.2, 0.25) is 0 Å². The summed E-state index contributed by atoms with van der Waals surface area (Å²) in [4.78, 5) is 13.2. The number of anilines is 2. The summed E-state index contributed by atoms with van der Waals surface area (Å²) in [6, 6.07) is 1.28. The number of aliphatic hydroxyl groups excluding tert-OH is 1. The molecule has 0 bridgehead atoms. The van der Waals surface area contributed by atoms with Crippen LogP contribution in [0.5, 0.6) is 0 Å². The predicted octanol–water partition coefficient (Wildman–Crippen LogP) is 3.40. The molecule has 4 rings (SSSR count). The van der Waals surface area contributed by atoms with Gasteiger partial charge in [0.15, 0.2) is 11.6 Å². The maximum absolute atomic E-state index is 14.2. The lowest BCUT2D eigenvalue weighted by molar-refractivity contribution is 0.126. The molecule has 33 heavy (non-hydrogen) atoms. The third kappa shape index (κ3) is 6.11. The lowest BCUT2D eigenvalue weighted by Crippen LogP contribution is -2.39. The monoisotopic (exact) mass is 464 g/mol. The molecule has 1 saturated carbocycles. The van der Waals surface area contributed by atoms with Gasteiger partial charge in [-0.15, -0.1) is 0 Å². The van der Waals surface area contributed by atoms with Gasteiger partial charge < -0.3 is 25.8 Å². The van der Waals surface area contributed by atoms with E-state index in [-0.39, 0.29) is 24.1 Å². The average Bonchev–Trinajstić information content (AvgIpc) is 3.27. The van der Waals surface area contributed by atoms with Gasteiger partial charge in [-0.1, -0.05) is 0 Å². The first-order valence-electron chi connectivity index (χ1n) is 11.0. The highest BCUT2D eigenvalue weighted by atomic mass is 19.1. The molecule has 1 aromatic carbocycles. The van der Waals surface area contributed by atoms with E-state index in [4.69, 9.17) is 4.74 Å². The molecule has 0 amide bonds. The SMILES string of the molecule is Cc1nc(NC2CCC(O)CC2)ncc1/N=C(/Nc1c(F)cc(F)cc1F)NC1CCOC1. The van der Waals surface area contributed by atoms with E-state index in [9.17, 15) is 18.3 Å². The molecule has 1 aliphatic heterocycles. The Morgan fingerprint density at radius 1 is 1.09 bits per heavy atom. The van der Waals surface area contributed by atoms with Crippen molar-refractivity contribution in [3.8, 4) is 0 Å². The first kappa shape index (κ1) is 23.2. The zero-order valence-corrected chi connectivity index (χ0v) is 18.2. The fourth-order valence-corrected chi connectivity index (χ4v) is 3.88. The van der Waals surface area contributed by atoms with Crippen LogP contribution in [0.1, 0.15) is 37.8 Å². The molecule has 1 saturated heterocycles. The number of aliphatic imine (C=N–C) groups is 1. The zero-order chi connectivity index (χ0) is 23.4. The lowest BCUT2D eigenvalue weighted by atomic mass is 9.93. The van der Waals surface area contributed by atoms with Gasteiger partial charge in [0.05, 0.1) is 30.6 Å². The van der Waals surface area contributed by atoms with Crippen LogP contribution in [0.15, 0.2) is 23.3 Å². The Balaban J connectivity index is 1.54. The van der Waals surface area contributed by atoms with E-state index in [1.165, 1.54) is 6.20 Å². The van der Waals surface area contributed by atoms with E-state index >= 15 is 0 Å². The van der Waals surface area contributed by atoms with Gasteiger partial charge in [-0.3, -0.25) is 0 Å². The second kappa shape index (κ2) is 10.3. The Hall–Kier alpha value is -2.92. The Morgan fingerprint density at radius 2 is 1.82 bits per heavy atom. The number of hydrogen-bond donors (Lipinski definition) is 4. The first-order valence-corrected chi connectivity index (χ1v) is 11.0. The maximum atomic E-state index is 14.2. The van der Waals surface area contributed by atoms with E-state index < -0.39 is 23.1 Å². The van der Waals surface area contributed by atoms with Crippen LogP contribution >= 0.6 is 0 Å². The van der Waals surface area contributed by atoms with Gasteiger partial charge in [0.1, 0.15) is 17.2 Å². The van der Waals surface area contributed by atoms with Gasteiger partial charge in [-0.05, 0) is 39.0 Å². The van der Waals surface area contributed by atoms with Crippen LogP contribution < -0.4 is 16.0 Å². The normalized spacial score (nSPS) is 23.4. The van der Waals surface area contributed by atoms with Gasteiger partial charge in [0.25, 0.3) is 0 Å². The van der Waals surface area contributed by atoms with Crippen molar-refractivity contribution >= 4 is 23.3 Å². The van der Waals surface area contributed by atoms with E-state index in [0.29, 0.717) is 49.1 Å². The zero-order valence-electron chi connectivity index (χ0n) is 18.2. The molecule has 0 radical (unpaired) electrons. The van der Waals surface area contributed by atoms with Crippen molar-refractivity contribution in [1.29, 1.82) is 0 Å². The third-order valence-corrected chi connectivity index (χ3v) is 5.74. The molecule has 4 N–H and O–H groups in total. The number of ether oxygens (including phenoxy) is 1. The second-order valence-corrected chi connectivity index (χ2v) is 8.35. The summed E-state index contributed by atoms with van der Waals surface area (Å²) in [6.07, 6.45) is 5.11. The Kier molecular flexibility index (Phi) is 7.29. The molecule has 2 aliphatic rings. The van der Waals surface area contributed by atoms with Crippen molar-refractivity contribution in [2.45, 2.75) is 57.2 Å². The molecule has 2 aromatic rings. The van der Waals surface area contributed by atoms with Gasteiger partial charge in [0.2, 0.25) is 11.9 Å². The minimum atomic E-state index is -1.07. The number of aliphatic hydroxyl groups is 1. The first-order chi connectivity index (χ1) is 15.9. The van der Waals surface area contributed by atoms with Crippen LogP contribution in [0.4, 0.5) is 30.5 Å². The highest BCUT2D eigenvalue weighted by molar-refractivity contribution is 5.95. The quantitative estimate of drug-likeness (QED) is 0.397. The number of halogens is 3. The fraction of sp³-hybridized carbons (Fsp3) is 0.500. The summed E-state index contributed by atoms with van der Waals surface area (Å²) in [5, 5.41) is 18.6. The van der Waals surface area contributed by atoms with Crippen LogP contribution in [-0.4, -0.2) is 52.4 Å². The molecule has 2 fully saturated rings. The Bertz CT molecular complexity index is 985. The second-order valence-electron chi connectivity index (χ2n) is 8.35. The molecule has 1 aliphatic carbocycles. The topological polar surface area (TPSA) is 104 Å². The molecule has 0 spiro atoms. The molecule has 178 valence electrons. The van der Waals surface area contributed by atoms with E-state index in [1.54, 1.807) is 6.92 Å². The number of nitrogens with one attached hydrogen (secondary N) is 3. The predicted molar refractivity (Wildman–Crippen MR) is 118 cm³/mol. The Morgan fingerprint density at radius 3 is 2.45 bits per heavy atom. The largest absolute Gasteiger partial charge is 0.393 e. The molecule has 11 heteroatoms. The smallest absolute Gasteiger partial charge is 0.223 e. The van der Waals surface area contributed by atoms with Crippen molar-refractivity contribution < 1.29 is 23.0 Å². The van der Waals surface area contributed by atoms with Crippen molar-refractivity contribution in [2.24, 2.45) is 4.99 Å². The maximum Gasteiger partial charge on any atom is 0.223 e. The Labute approximate surface area is 189 Å². The van der Waals surface area contributed by atoms with Crippen molar-refractivity contribution in [1.82, 2.24) is 15.3 Å². The van der Waals surface area contributed by atoms with Crippen LogP contribution in [-0.2, 0) is 4.74 Å². The molecule has 8 nitrogen and oxygen atoms in total. The highest BCUT2D eigenvalue weighted by Crippen LogP contribution is 2.24. The molecule has 1 aromatic heterocycles. The number of aryl methyl sites for hydroxylation is 1.